The SMILES string of the molecule is COC(=O)c1ccnc(Nc2ccc(F)cc2C#N)c1. The number of carbonyl (C=O) groups excluding carboxylic acids is 1. The highest BCUT2D eigenvalue weighted by Gasteiger charge is 2.08. The van der Waals surface area contributed by atoms with Gasteiger partial charge in [0.05, 0.1) is 23.9 Å². The van der Waals surface area contributed by atoms with E-state index in [0.717, 1.165) is 6.07 Å². The zero-order valence-electron chi connectivity index (χ0n) is 10.6. The lowest BCUT2D eigenvalue weighted by atomic mass is 10.2. The van der Waals surface area contributed by atoms with Gasteiger partial charge in [-0.15, -0.1) is 0 Å². The van der Waals surface area contributed by atoms with Crippen molar-refractivity contribution in [3.05, 3.63) is 53.5 Å². The zero-order chi connectivity index (χ0) is 14.5. The van der Waals surface area contributed by atoms with Gasteiger partial charge < -0.3 is 10.1 Å². The van der Waals surface area contributed by atoms with Crippen LogP contribution in [0.5, 0.6) is 0 Å². The number of aromatic nitrogens is 1. The molecule has 1 N–H and O–H groups in total. The van der Waals surface area contributed by atoms with Gasteiger partial charge in [0.15, 0.2) is 0 Å². The second-order valence-electron chi connectivity index (χ2n) is 3.85. The van der Waals surface area contributed by atoms with E-state index < -0.39 is 11.8 Å². The van der Waals surface area contributed by atoms with Crippen molar-refractivity contribution in [3.63, 3.8) is 0 Å². The summed E-state index contributed by atoms with van der Waals surface area (Å²) in [5.74, 6) is -0.630. The van der Waals surface area contributed by atoms with Crippen LogP contribution >= 0.6 is 0 Å². The van der Waals surface area contributed by atoms with Crippen molar-refractivity contribution in [2.45, 2.75) is 0 Å². The second-order valence-corrected chi connectivity index (χ2v) is 3.85. The van der Waals surface area contributed by atoms with Crippen LogP contribution in [0.15, 0.2) is 36.5 Å². The number of hydrogen-bond acceptors (Lipinski definition) is 5. The number of ether oxygens (including phenoxy) is 1. The molecule has 0 saturated carbocycles. The summed E-state index contributed by atoms with van der Waals surface area (Å²) < 4.78 is 17.6. The molecule has 0 aliphatic heterocycles. The largest absolute Gasteiger partial charge is 0.465 e. The predicted octanol–water partition coefficient (Wildman–Crippen LogP) is 2.62. The second kappa shape index (κ2) is 5.80. The maximum absolute atomic E-state index is 13.0. The van der Waals surface area contributed by atoms with E-state index >= 15 is 0 Å². The first-order valence-corrected chi connectivity index (χ1v) is 5.65. The summed E-state index contributed by atoms with van der Waals surface area (Å²) in [6.07, 6.45) is 1.43. The van der Waals surface area contributed by atoms with E-state index in [9.17, 15) is 9.18 Å². The molecule has 2 aromatic rings. The Morgan fingerprint density at radius 3 is 2.90 bits per heavy atom. The quantitative estimate of drug-likeness (QED) is 0.868. The number of pyridine rings is 1. The van der Waals surface area contributed by atoms with Crippen LogP contribution in [0.25, 0.3) is 0 Å². The average Bonchev–Trinajstić information content (AvgIpc) is 2.48. The van der Waals surface area contributed by atoms with Gasteiger partial charge in [-0.05, 0) is 30.3 Å². The Bertz CT molecular complexity index is 695. The summed E-state index contributed by atoms with van der Waals surface area (Å²) in [5.41, 5.74) is 0.879. The van der Waals surface area contributed by atoms with Crippen LogP contribution in [0.1, 0.15) is 15.9 Å². The fraction of sp³-hybridized carbons (Fsp3) is 0.0714. The van der Waals surface area contributed by atoms with Crippen molar-refractivity contribution in [1.29, 1.82) is 5.26 Å². The lowest BCUT2D eigenvalue weighted by Crippen LogP contribution is -2.03. The molecule has 0 aliphatic rings. The smallest absolute Gasteiger partial charge is 0.338 e. The van der Waals surface area contributed by atoms with Gasteiger partial charge in [0.25, 0.3) is 0 Å². The third-order valence-electron chi connectivity index (χ3n) is 2.55. The van der Waals surface area contributed by atoms with Gasteiger partial charge in [0.1, 0.15) is 17.7 Å². The molecule has 0 amide bonds. The Hall–Kier alpha value is -2.94. The van der Waals surface area contributed by atoms with Crippen molar-refractivity contribution in [3.8, 4) is 6.07 Å². The van der Waals surface area contributed by atoms with Crippen LogP contribution < -0.4 is 5.32 Å². The Kier molecular flexibility index (Phi) is 3.91. The summed E-state index contributed by atoms with van der Waals surface area (Å²) in [4.78, 5) is 15.4. The molecule has 0 aliphatic carbocycles. The Labute approximate surface area is 114 Å². The normalized spacial score (nSPS) is 9.65. The van der Waals surface area contributed by atoms with E-state index in [0.29, 0.717) is 17.1 Å². The minimum absolute atomic E-state index is 0.148. The summed E-state index contributed by atoms with van der Waals surface area (Å²) >= 11 is 0. The monoisotopic (exact) mass is 271 g/mol. The van der Waals surface area contributed by atoms with Crippen molar-refractivity contribution in [2.75, 3.05) is 12.4 Å². The molecule has 1 aromatic carbocycles. The first kappa shape index (κ1) is 13.5. The molecular weight excluding hydrogens is 261 g/mol. The molecule has 0 radical (unpaired) electrons. The molecule has 0 saturated heterocycles. The first-order chi connectivity index (χ1) is 9.63. The molecule has 6 heteroatoms. The molecular formula is C14H10FN3O2. The fourth-order valence-corrected chi connectivity index (χ4v) is 1.60. The maximum atomic E-state index is 13.0. The lowest BCUT2D eigenvalue weighted by molar-refractivity contribution is 0.0600. The maximum Gasteiger partial charge on any atom is 0.338 e. The van der Waals surface area contributed by atoms with E-state index in [1.807, 2.05) is 6.07 Å². The number of rotatable bonds is 3. The Balaban J connectivity index is 2.31. The molecule has 0 fully saturated rings. The van der Waals surface area contributed by atoms with Crippen molar-refractivity contribution in [2.24, 2.45) is 0 Å². The molecule has 1 aromatic heterocycles. The van der Waals surface area contributed by atoms with Gasteiger partial charge in [-0.2, -0.15) is 5.26 Å². The van der Waals surface area contributed by atoms with E-state index in [-0.39, 0.29) is 5.56 Å². The van der Waals surface area contributed by atoms with Gasteiger partial charge in [-0.25, -0.2) is 14.2 Å². The van der Waals surface area contributed by atoms with E-state index in [1.54, 1.807) is 0 Å². The van der Waals surface area contributed by atoms with Gasteiger partial charge in [-0.1, -0.05) is 0 Å². The van der Waals surface area contributed by atoms with Crippen LogP contribution in [-0.2, 0) is 4.74 Å². The van der Waals surface area contributed by atoms with Gasteiger partial charge >= 0.3 is 5.97 Å². The number of nitriles is 1. The highest BCUT2D eigenvalue weighted by molar-refractivity contribution is 5.90. The van der Waals surface area contributed by atoms with Crippen molar-refractivity contribution >= 4 is 17.5 Å². The summed E-state index contributed by atoms with van der Waals surface area (Å²) in [6, 6.07) is 8.65. The van der Waals surface area contributed by atoms with E-state index in [4.69, 9.17) is 5.26 Å². The zero-order valence-corrected chi connectivity index (χ0v) is 10.6. The number of methoxy groups -OCH3 is 1. The molecule has 1 heterocycles. The highest BCUT2D eigenvalue weighted by Crippen LogP contribution is 2.20. The molecule has 0 unspecified atom stereocenters. The third kappa shape index (κ3) is 2.90. The summed E-state index contributed by atoms with van der Waals surface area (Å²) in [5, 5.41) is 11.8. The Morgan fingerprint density at radius 2 is 2.20 bits per heavy atom. The molecule has 100 valence electrons. The van der Waals surface area contributed by atoms with E-state index in [2.05, 4.69) is 15.0 Å². The summed E-state index contributed by atoms with van der Waals surface area (Å²) in [7, 11) is 1.28. The number of esters is 1. The van der Waals surface area contributed by atoms with Gasteiger partial charge in [-0.3, -0.25) is 0 Å². The number of benzene rings is 1. The first-order valence-electron chi connectivity index (χ1n) is 5.65. The van der Waals surface area contributed by atoms with Crippen LogP contribution in [0.3, 0.4) is 0 Å². The number of nitrogens with zero attached hydrogens (tertiary/aromatic N) is 2. The van der Waals surface area contributed by atoms with Crippen LogP contribution in [0, 0.1) is 17.1 Å². The third-order valence-corrected chi connectivity index (χ3v) is 2.55. The predicted molar refractivity (Wildman–Crippen MR) is 70.0 cm³/mol. The number of hydrogen-bond donors (Lipinski definition) is 1. The van der Waals surface area contributed by atoms with Crippen LogP contribution in [0.4, 0.5) is 15.9 Å². The molecule has 5 nitrogen and oxygen atoms in total. The number of anilines is 2. The topological polar surface area (TPSA) is 75.0 Å². The van der Waals surface area contributed by atoms with Crippen LogP contribution in [0.2, 0.25) is 0 Å². The standard InChI is InChI=1S/C14H10FN3O2/c1-20-14(19)9-4-5-17-13(7-9)18-12-3-2-11(15)6-10(12)8-16/h2-7H,1H3,(H,17,18). The summed E-state index contributed by atoms with van der Waals surface area (Å²) in [6.45, 7) is 0. The van der Waals surface area contributed by atoms with Gasteiger partial charge in [0, 0.05) is 6.20 Å². The minimum atomic E-state index is -0.497. The van der Waals surface area contributed by atoms with Gasteiger partial charge in [0.2, 0.25) is 0 Å². The van der Waals surface area contributed by atoms with Crippen molar-refractivity contribution in [1.82, 2.24) is 4.98 Å². The number of nitrogens with one attached hydrogen (secondary N) is 1. The fourth-order valence-electron chi connectivity index (χ4n) is 1.60. The Morgan fingerprint density at radius 1 is 1.40 bits per heavy atom. The van der Waals surface area contributed by atoms with E-state index in [1.165, 1.54) is 37.6 Å². The van der Waals surface area contributed by atoms with Crippen molar-refractivity contribution < 1.29 is 13.9 Å². The number of halogens is 1. The number of carbonyl (C=O) groups is 1. The lowest BCUT2D eigenvalue weighted by Gasteiger charge is -2.08. The molecule has 0 spiro atoms. The molecule has 2 rings (SSSR count). The highest BCUT2D eigenvalue weighted by atomic mass is 19.1. The molecule has 0 bridgehead atoms. The minimum Gasteiger partial charge on any atom is -0.465 e. The average molecular weight is 271 g/mol. The molecule has 0 atom stereocenters. The molecule has 20 heavy (non-hydrogen) atoms. The van der Waals surface area contributed by atoms with Crippen LogP contribution in [-0.4, -0.2) is 18.1 Å².